The molecule has 2 aliphatic rings. The van der Waals surface area contributed by atoms with E-state index in [2.05, 4.69) is 36.4 Å². The highest BCUT2D eigenvalue weighted by molar-refractivity contribution is 7.99. The first-order valence-corrected chi connectivity index (χ1v) is 14.4. The van der Waals surface area contributed by atoms with Crippen LogP contribution in [0.15, 0.2) is 12.7 Å². The summed E-state index contributed by atoms with van der Waals surface area (Å²) in [5.41, 5.74) is 11.1. The second kappa shape index (κ2) is 14.1. The zero-order chi connectivity index (χ0) is 29.5. The normalized spacial score (nSPS) is 26.5. The Balaban J connectivity index is 1.19. The second-order valence-electron chi connectivity index (χ2n) is 9.66. The summed E-state index contributed by atoms with van der Waals surface area (Å²) in [6.07, 6.45) is -0.178. The fourth-order valence-electron chi connectivity index (χ4n) is 4.39. The Kier molecular flexibility index (Phi) is 10.5. The number of rotatable bonds is 12. The van der Waals surface area contributed by atoms with Gasteiger partial charge in [0.15, 0.2) is 30.1 Å². The third kappa shape index (κ3) is 7.52. The Bertz CT molecular complexity index is 1220. The molecule has 0 saturated carbocycles. The molecular formula is C23H36N10O7S. The molecule has 2 saturated heterocycles. The number of amides is 4. The summed E-state index contributed by atoms with van der Waals surface area (Å²) in [5.74, 6) is 0.719. The summed E-state index contributed by atoms with van der Waals surface area (Å²) >= 11 is 1.70. The molecular weight excluding hydrogens is 560 g/mol. The number of hydrogen-bond acceptors (Lipinski definition) is 13. The van der Waals surface area contributed by atoms with Crippen molar-refractivity contribution in [3.8, 4) is 0 Å². The Morgan fingerprint density at radius 3 is 2.68 bits per heavy atom. The number of unbranched alkanes of at least 4 members (excludes halogenated alkanes) is 1. The first-order chi connectivity index (χ1) is 19.7. The summed E-state index contributed by atoms with van der Waals surface area (Å²) < 4.78 is 7.32. The van der Waals surface area contributed by atoms with E-state index >= 15 is 0 Å². The molecule has 6 atom stereocenters. The van der Waals surface area contributed by atoms with Gasteiger partial charge in [0.05, 0.1) is 12.4 Å². The van der Waals surface area contributed by atoms with E-state index in [-0.39, 0.29) is 36.3 Å². The number of anilines is 1. The predicted octanol–water partition coefficient (Wildman–Crippen LogP) is -1.29. The van der Waals surface area contributed by atoms with Crippen LogP contribution in [0.5, 0.6) is 0 Å². The van der Waals surface area contributed by atoms with Gasteiger partial charge < -0.3 is 31.3 Å². The van der Waals surface area contributed by atoms with Crippen molar-refractivity contribution in [3.63, 3.8) is 0 Å². The molecule has 4 heterocycles. The van der Waals surface area contributed by atoms with Crippen LogP contribution in [0.1, 0.15) is 45.8 Å². The minimum absolute atomic E-state index is 0.0876. The summed E-state index contributed by atoms with van der Waals surface area (Å²) in [4.78, 5) is 53.4. The lowest BCUT2D eigenvalue weighted by Crippen LogP contribution is -2.59. The fraction of sp³-hybridized carbons (Fsp3) is 0.652. The van der Waals surface area contributed by atoms with Crippen LogP contribution in [-0.2, 0) is 19.2 Å². The van der Waals surface area contributed by atoms with Gasteiger partial charge in [-0.3, -0.25) is 29.8 Å². The number of nitrogen functional groups attached to an aromatic ring is 1. The van der Waals surface area contributed by atoms with Crippen LogP contribution >= 0.6 is 11.8 Å². The number of aliphatic hydroxyl groups excluding tert-OH is 2. The average molecular weight is 597 g/mol. The van der Waals surface area contributed by atoms with Crippen LogP contribution in [0.3, 0.4) is 0 Å². The number of imidazole rings is 1. The molecule has 2 aliphatic heterocycles. The Hall–Kier alpha value is -3.29. The number of nitrogens with two attached hydrogens (primary N) is 1. The summed E-state index contributed by atoms with van der Waals surface area (Å²) in [7, 11) is 0. The van der Waals surface area contributed by atoms with E-state index in [1.165, 1.54) is 17.2 Å². The first kappa shape index (κ1) is 30.7. The van der Waals surface area contributed by atoms with Gasteiger partial charge >= 0.3 is 6.03 Å². The quantitative estimate of drug-likeness (QED) is 0.112. The molecule has 8 N–H and O–H groups in total. The van der Waals surface area contributed by atoms with Crippen molar-refractivity contribution in [2.75, 3.05) is 23.8 Å². The van der Waals surface area contributed by atoms with Crippen molar-refractivity contribution in [1.29, 1.82) is 0 Å². The number of aromatic nitrogens is 4. The average Bonchev–Trinajstić information content (AvgIpc) is 3.52. The molecule has 0 bridgehead atoms. The molecule has 2 fully saturated rings. The van der Waals surface area contributed by atoms with Crippen LogP contribution < -0.4 is 27.2 Å². The molecule has 0 aromatic carbocycles. The molecule has 226 valence electrons. The number of nitrogens with zero attached hydrogens (tertiary/aromatic N) is 5. The molecule has 18 heteroatoms. The van der Waals surface area contributed by atoms with Gasteiger partial charge in [-0.05, 0) is 31.9 Å². The largest absolute Gasteiger partial charge is 0.382 e. The number of carbonyl (C=O) groups excluding carboxylic acids is 3. The lowest BCUT2D eigenvalue weighted by Gasteiger charge is -2.44. The maximum atomic E-state index is 12.3. The molecule has 4 rings (SSSR count). The molecule has 0 aliphatic carbocycles. The van der Waals surface area contributed by atoms with Crippen molar-refractivity contribution in [3.05, 3.63) is 12.7 Å². The summed E-state index contributed by atoms with van der Waals surface area (Å²) in [6, 6.07) is 0.0274. The number of aliphatic hydroxyl groups is 2. The van der Waals surface area contributed by atoms with E-state index in [0.717, 1.165) is 23.0 Å². The van der Waals surface area contributed by atoms with E-state index in [9.17, 15) is 24.6 Å². The molecule has 0 radical (unpaired) electrons. The Morgan fingerprint density at radius 1 is 1.17 bits per heavy atom. The van der Waals surface area contributed by atoms with Gasteiger partial charge in [0.2, 0.25) is 5.91 Å². The van der Waals surface area contributed by atoms with Gasteiger partial charge in [0.1, 0.15) is 24.6 Å². The maximum absolute atomic E-state index is 12.3. The SMILES string of the molecule is CC[C@H]1O[C@@H](n2cnc3c(N)ncnc32)C(O)N(OCC(=O)NNC(=O)CCCCSC[C@@H]2NC(=O)N[C@@H]2C)C1O. The monoisotopic (exact) mass is 596 g/mol. The summed E-state index contributed by atoms with van der Waals surface area (Å²) in [6.45, 7) is 3.13. The number of hydrogen-bond donors (Lipinski definition) is 7. The van der Waals surface area contributed by atoms with E-state index in [1.54, 1.807) is 18.7 Å². The van der Waals surface area contributed by atoms with Gasteiger partial charge in [-0.15, -0.1) is 5.06 Å². The Morgan fingerprint density at radius 2 is 1.95 bits per heavy atom. The lowest BCUT2D eigenvalue weighted by molar-refractivity contribution is -0.386. The highest BCUT2D eigenvalue weighted by Gasteiger charge is 2.44. The maximum Gasteiger partial charge on any atom is 0.315 e. The van der Waals surface area contributed by atoms with Crippen molar-refractivity contribution in [2.24, 2.45) is 0 Å². The fourth-order valence-corrected chi connectivity index (χ4v) is 5.59. The highest BCUT2D eigenvalue weighted by Crippen LogP contribution is 2.32. The van der Waals surface area contributed by atoms with Crippen LogP contribution in [0.25, 0.3) is 11.2 Å². The predicted molar refractivity (Wildman–Crippen MR) is 146 cm³/mol. The van der Waals surface area contributed by atoms with Gasteiger partial charge in [0, 0.05) is 18.2 Å². The minimum atomic E-state index is -1.55. The molecule has 2 unspecified atom stereocenters. The topological polar surface area (TPSA) is 231 Å². The van der Waals surface area contributed by atoms with Crippen LogP contribution in [0.2, 0.25) is 0 Å². The third-order valence-corrected chi connectivity index (χ3v) is 7.86. The van der Waals surface area contributed by atoms with Gasteiger partial charge in [0.25, 0.3) is 5.91 Å². The number of urea groups is 1. The number of fused-ring (bicyclic) bond motifs is 1. The third-order valence-electron chi connectivity index (χ3n) is 6.69. The number of hydroxylamine groups is 2. The Labute approximate surface area is 239 Å². The van der Waals surface area contributed by atoms with E-state index in [1.807, 2.05) is 6.92 Å². The van der Waals surface area contributed by atoms with Gasteiger partial charge in [-0.1, -0.05) is 6.92 Å². The van der Waals surface area contributed by atoms with Gasteiger partial charge in [-0.25, -0.2) is 19.7 Å². The standard InChI is InChI=1S/C23H36N10O7S/c1-3-14-20(36)33(21(37)22(40-14)32-11-27-17-18(24)25-10-26-19(17)32)39-8-16(35)31-30-15(34)6-4-5-7-41-9-13-12(2)28-23(38)29-13/h10-14,20-22,36-37H,3-9H2,1-2H3,(H,30,34)(H,31,35)(H2,24,25,26)(H2,28,29,38)/t12-,13+,14-,20?,21?,22-/m1/s1. The lowest BCUT2D eigenvalue weighted by atomic mass is 10.2. The van der Waals surface area contributed by atoms with Crippen molar-refractivity contribution < 1.29 is 34.2 Å². The molecule has 2 aromatic rings. The smallest absolute Gasteiger partial charge is 0.315 e. The number of ether oxygens (including phenoxy) is 1. The zero-order valence-electron chi connectivity index (χ0n) is 22.7. The summed E-state index contributed by atoms with van der Waals surface area (Å²) in [5, 5.41) is 28.2. The molecule has 0 spiro atoms. The van der Waals surface area contributed by atoms with Crippen molar-refractivity contribution >= 4 is 46.6 Å². The van der Waals surface area contributed by atoms with Crippen molar-refractivity contribution in [1.82, 2.24) is 46.1 Å². The number of morpholine rings is 1. The van der Waals surface area contributed by atoms with E-state index in [4.69, 9.17) is 15.3 Å². The van der Waals surface area contributed by atoms with Crippen molar-refractivity contribution in [2.45, 2.75) is 76.4 Å². The highest BCUT2D eigenvalue weighted by atomic mass is 32.2. The van der Waals surface area contributed by atoms with Crippen LogP contribution in [0.4, 0.5) is 10.6 Å². The molecule has 4 amide bonds. The second-order valence-corrected chi connectivity index (χ2v) is 10.8. The van der Waals surface area contributed by atoms with E-state index < -0.39 is 37.3 Å². The number of hydrazine groups is 1. The number of nitrogens with one attached hydrogen (secondary N) is 4. The van der Waals surface area contributed by atoms with E-state index in [0.29, 0.717) is 24.0 Å². The zero-order valence-corrected chi connectivity index (χ0v) is 23.5. The minimum Gasteiger partial charge on any atom is -0.382 e. The number of thioether (sulfide) groups is 1. The van der Waals surface area contributed by atoms with Gasteiger partial charge in [-0.2, -0.15) is 11.8 Å². The van der Waals surface area contributed by atoms with Crippen LogP contribution in [0, 0.1) is 0 Å². The molecule has 2 aromatic heterocycles. The van der Waals surface area contributed by atoms with Crippen LogP contribution in [-0.4, -0.2) is 101 Å². The molecule has 17 nitrogen and oxygen atoms in total. The molecule has 41 heavy (non-hydrogen) atoms. The number of carbonyl (C=O) groups is 3. The first-order valence-electron chi connectivity index (χ1n) is 13.3.